The maximum Gasteiger partial charge on any atom is 0.416 e. The number of rotatable bonds is 5. The highest BCUT2D eigenvalue weighted by molar-refractivity contribution is 5.91. The van der Waals surface area contributed by atoms with Crippen molar-refractivity contribution in [1.82, 2.24) is 19.7 Å². The molecule has 0 radical (unpaired) electrons. The second-order valence-electron chi connectivity index (χ2n) is 6.32. The summed E-state index contributed by atoms with van der Waals surface area (Å²) >= 11 is 0. The molecule has 1 amide bonds. The van der Waals surface area contributed by atoms with Gasteiger partial charge in [-0.25, -0.2) is 4.79 Å². The number of nitrogens with one attached hydrogen (secondary N) is 1. The normalized spacial score (nSPS) is 11.3. The van der Waals surface area contributed by atoms with Gasteiger partial charge < -0.3 is 5.32 Å². The van der Waals surface area contributed by atoms with Gasteiger partial charge in [0.1, 0.15) is 0 Å². The van der Waals surface area contributed by atoms with Gasteiger partial charge in [-0.3, -0.25) is 14.2 Å². The average molecular weight is 418 g/mol. The second-order valence-corrected chi connectivity index (χ2v) is 6.32. The predicted octanol–water partition coefficient (Wildman–Crippen LogP) is 2.21. The predicted molar refractivity (Wildman–Crippen MR) is 103 cm³/mol. The van der Waals surface area contributed by atoms with Crippen LogP contribution in [-0.2, 0) is 12.7 Å². The topological polar surface area (TPSA) is 86.0 Å². The first kappa shape index (κ1) is 21.0. The Labute approximate surface area is 168 Å². The van der Waals surface area contributed by atoms with E-state index in [0.717, 1.165) is 21.4 Å². The molecule has 0 saturated carbocycles. The molecule has 3 rings (SSSR count). The number of para-hydroxylation sites is 1. The Morgan fingerprint density at radius 1 is 1.03 bits per heavy atom. The van der Waals surface area contributed by atoms with Gasteiger partial charge in [-0.05, 0) is 36.8 Å². The van der Waals surface area contributed by atoms with Crippen LogP contribution in [0.1, 0.15) is 28.5 Å². The fourth-order valence-electron chi connectivity index (χ4n) is 2.76. The quantitative estimate of drug-likeness (QED) is 0.689. The largest absolute Gasteiger partial charge is 0.416 e. The zero-order valence-corrected chi connectivity index (χ0v) is 15.8. The first-order valence-electron chi connectivity index (χ1n) is 8.96. The summed E-state index contributed by atoms with van der Waals surface area (Å²) in [6.45, 7) is 1.58. The number of aromatic nitrogens is 3. The summed E-state index contributed by atoms with van der Waals surface area (Å²) in [5.74, 6) is -0.756. The van der Waals surface area contributed by atoms with E-state index in [1.165, 1.54) is 12.1 Å². The van der Waals surface area contributed by atoms with Crippen LogP contribution in [0.3, 0.4) is 0 Å². The molecule has 0 spiro atoms. The number of nitrogens with zero attached hydrogens (tertiary/aromatic N) is 3. The number of hydrogen-bond donors (Lipinski definition) is 1. The average Bonchev–Trinajstić information content (AvgIpc) is 2.72. The molecule has 1 N–H and O–H groups in total. The van der Waals surface area contributed by atoms with Crippen LogP contribution in [0.2, 0.25) is 0 Å². The molecule has 156 valence electrons. The van der Waals surface area contributed by atoms with Crippen molar-refractivity contribution < 1.29 is 18.0 Å². The van der Waals surface area contributed by atoms with E-state index in [0.29, 0.717) is 5.69 Å². The fourth-order valence-corrected chi connectivity index (χ4v) is 2.76. The molecule has 1 heterocycles. The highest BCUT2D eigenvalue weighted by Gasteiger charge is 2.30. The van der Waals surface area contributed by atoms with Crippen molar-refractivity contribution in [2.75, 3.05) is 6.54 Å². The van der Waals surface area contributed by atoms with Crippen LogP contribution in [0.15, 0.2) is 64.2 Å². The summed E-state index contributed by atoms with van der Waals surface area (Å²) in [6, 6.07) is 12.2. The molecule has 0 aliphatic carbocycles. The summed E-state index contributed by atoms with van der Waals surface area (Å²) in [7, 11) is 0. The van der Waals surface area contributed by atoms with Gasteiger partial charge in [0, 0.05) is 6.54 Å². The Balaban J connectivity index is 2.13. The Kier molecular flexibility index (Phi) is 5.86. The van der Waals surface area contributed by atoms with E-state index < -0.39 is 34.6 Å². The van der Waals surface area contributed by atoms with Crippen molar-refractivity contribution in [3.05, 3.63) is 92.3 Å². The van der Waals surface area contributed by atoms with Crippen molar-refractivity contribution in [1.29, 1.82) is 0 Å². The van der Waals surface area contributed by atoms with Crippen molar-refractivity contribution in [2.24, 2.45) is 0 Å². The third-order valence-electron chi connectivity index (χ3n) is 4.23. The molecule has 0 fully saturated rings. The SMILES string of the molecule is CCNC(=O)c1nn(-c2ccccc2)c(=O)n(Cc2ccc(C(F)(F)F)cc2)c1=O. The summed E-state index contributed by atoms with van der Waals surface area (Å²) < 4.78 is 40.0. The monoisotopic (exact) mass is 418 g/mol. The third kappa shape index (κ3) is 4.32. The molecule has 0 atom stereocenters. The molecule has 0 aliphatic rings. The minimum absolute atomic E-state index is 0.239. The maximum absolute atomic E-state index is 12.9. The number of amides is 1. The van der Waals surface area contributed by atoms with Crippen LogP contribution < -0.4 is 16.6 Å². The molecule has 1 aromatic heterocycles. The van der Waals surface area contributed by atoms with E-state index in [9.17, 15) is 27.6 Å². The first-order chi connectivity index (χ1) is 14.2. The van der Waals surface area contributed by atoms with Crippen molar-refractivity contribution in [2.45, 2.75) is 19.6 Å². The Morgan fingerprint density at radius 2 is 1.67 bits per heavy atom. The Hall–Kier alpha value is -3.69. The smallest absolute Gasteiger partial charge is 0.351 e. The van der Waals surface area contributed by atoms with E-state index in [1.54, 1.807) is 37.3 Å². The molecule has 10 heteroatoms. The van der Waals surface area contributed by atoms with E-state index in [2.05, 4.69) is 10.4 Å². The molecular weight excluding hydrogens is 401 g/mol. The number of benzene rings is 2. The lowest BCUT2D eigenvalue weighted by atomic mass is 10.1. The lowest BCUT2D eigenvalue weighted by Crippen LogP contribution is -2.46. The molecule has 0 aliphatic heterocycles. The van der Waals surface area contributed by atoms with E-state index in [4.69, 9.17) is 0 Å². The highest BCUT2D eigenvalue weighted by Crippen LogP contribution is 2.29. The van der Waals surface area contributed by atoms with Gasteiger partial charge in [0.05, 0.1) is 17.8 Å². The highest BCUT2D eigenvalue weighted by atomic mass is 19.4. The van der Waals surface area contributed by atoms with Gasteiger partial charge in [0.25, 0.3) is 11.5 Å². The Bertz CT molecular complexity index is 1170. The first-order valence-corrected chi connectivity index (χ1v) is 8.96. The maximum atomic E-state index is 12.9. The molecule has 0 unspecified atom stereocenters. The summed E-state index contributed by atoms with van der Waals surface area (Å²) in [5.41, 5.74) is -2.48. The number of carbonyl (C=O) groups is 1. The van der Waals surface area contributed by atoms with Crippen molar-refractivity contribution in [3.8, 4) is 5.69 Å². The van der Waals surface area contributed by atoms with Gasteiger partial charge in [-0.2, -0.15) is 23.0 Å². The van der Waals surface area contributed by atoms with Crippen LogP contribution in [0, 0.1) is 0 Å². The standard InChI is InChI=1S/C20H17F3N4O3/c1-2-24-17(28)16-18(29)26(12-13-8-10-14(11-9-13)20(21,22)23)19(30)27(25-16)15-6-4-3-5-7-15/h3-11H,2,12H2,1H3,(H,24,28). The molecular formula is C20H17F3N4O3. The summed E-state index contributed by atoms with van der Waals surface area (Å²) in [4.78, 5) is 38.0. The lowest BCUT2D eigenvalue weighted by molar-refractivity contribution is -0.137. The number of halogens is 3. The van der Waals surface area contributed by atoms with E-state index in [-0.39, 0.29) is 18.7 Å². The van der Waals surface area contributed by atoms with Crippen molar-refractivity contribution in [3.63, 3.8) is 0 Å². The zero-order chi connectivity index (χ0) is 21.9. The number of alkyl halides is 3. The molecule has 0 saturated heterocycles. The third-order valence-corrected chi connectivity index (χ3v) is 4.23. The number of hydrogen-bond acceptors (Lipinski definition) is 4. The van der Waals surface area contributed by atoms with Crippen LogP contribution in [0.5, 0.6) is 0 Å². The summed E-state index contributed by atoms with van der Waals surface area (Å²) in [5, 5.41) is 6.38. The summed E-state index contributed by atoms with van der Waals surface area (Å²) in [6.07, 6.45) is -4.50. The molecule has 3 aromatic rings. The second kappa shape index (κ2) is 8.36. The van der Waals surface area contributed by atoms with Crippen LogP contribution >= 0.6 is 0 Å². The Morgan fingerprint density at radius 3 is 2.23 bits per heavy atom. The lowest BCUT2D eigenvalue weighted by Gasteiger charge is -2.12. The van der Waals surface area contributed by atoms with E-state index in [1.807, 2.05) is 0 Å². The number of carbonyl (C=O) groups excluding carboxylic acids is 1. The molecule has 30 heavy (non-hydrogen) atoms. The zero-order valence-electron chi connectivity index (χ0n) is 15.8. The van der Waals surface area contributed by atoms with Crippen LogP contribution in [0.4, 0.5) is 13.2 Å². The van der Waals surface area contributed by atoms with Gasteiger partial charge in [-0.15, -0.1) is 0 Å². The van der Waals surface area contributed by atoms with Crippen LogP contribution in [-0.4, -0.2) is 26.8 Å². The van der Waals surface area contributed by atoms with E-state index >= 15 is 0 Å². The van der Waals surface area contributed by atoms with Crippen LogP contribution in [0.25, 0.3) is 5.69 Å². The van der Waals surface area contributed by atoms with Gasteiger partial charge in [0.2, 0.25) is 5.69 Å². The molecule has 7 nitrogen and oxygen atoms in total. The van der Waals surface area contributed by atoms with Gasteiger partial charge in [-0.1, -0.05) is 30.3 Å². The fraction of sp³-hybridized carbons (Fsp3) is 0.200. The minimum atomic E-state index is -4.50. The van der Waals surface area contributed by atoms with Crippen molar-refractivity contribution >= 4 is 5.91 Å². The van der Waals surface area contributed by atoms with Gasteiger partial charge >= 0.3 is 11.9 Å². The molecule has 0 bridgehead atoms. The molecule has 2 aromatic carbocycles. The van der Waals surface area contributed by atoms with Gasteiger partial charge in [0.15, 0.2) is 0 Å². The minimum Gasteiger partial charge on any atom is -0.351 e.